The molecule has 2 aromatic carbocycles. The van der Waals surface area contributed by atoms with Crippen LogP contribution in [0.1, 0.15) is 54.1 Å². The van der Waals surface area contributed by atoms with Gasteiger partial charge in [-0.25, -0.2) is 0 Å². The molecule has 5 nitrogen and oxygen atoms in total. The zero-order chi connectivity index (χ0) is 20.1. The van der Waals surface area contributed by atoms with Gasteiger partial charge in [0, 0.05) is 23.7 Å². The van der Waals surface area contributed by atoms with Gasteiger partial charge in [-0.2, -0.15) is 0 Å². The van der Waals surface area contributed by atoms with Crippen LogP contribution in [0, 0.1) is 5.92 Å². The number of rotatable bonds is 6. The Hall–Kier alpha value is -2.66. The van der Waals surface area contributed by atoms with Crippen LogP contribution in [0.25, 0.3) is 0 Å². The van der Waals surface area contributed by atoms with E-state index in [1.165, 1.54) is 5.56 Å². The summed E-state index contributed by atoms with van der Waals surface area (Å²) in [6.45, 7) is 6.81. The first-order valence-electron chi connectivity index (χ1n) is 9.94. The highest BCUT2D eigenvalue weighted by Crippen LogP contribution is 2.20. The molecule has 3 N–H and O–H groups in total. The summed E-state index contributed by atoms with van der Waals surface area (Å²) in [4.78, 5) is 26.2. The van der Waals surface area contributed by atoms with Gasteiger partial charge in [0.1, 0.15) is 0 Å². The van der Waals surface area contributed by atoms with Gasteiger partial charge in [-0.3, -0.25) is 14.5 Å². The first-order chi connectivity index (χ1) is 13.4. The number of nitrogens with one attached hydrogen (secondary N) is 1. The Morgan fingerprint density at radius 2 is 1.79 bits per heavy atom. The molecule has 0 spiro atoms. The molecule has 0 radical (unpaired) electrons. The maximum absolute atomic E-state index is 12.5. The lowest BCUT2D eigenvalue weighted by Crippen LogP contribution is -2.38. The third kappa shape index (κ3) is 5.20. The van der Waals surface area contributed by atoms with E-state index in [2.05, 4.69) is 30.1 Å². The van der Waals surface area contributed by atoms with Gasteiger partial charge in [0.15, 0.2) is 0 Å². The summed E-state index contributed by atoms with van der Waals surface area (Å²) in [5.74, 6) is 0.159. The SMILES string of the molecule is CC(C)c1ccc(C(=O)Nc2cccc(CN3CCC(C(N)=O)CC3)c2)cc1. The lowest BCUT2D eigenvalue weighted by atomic mass is 9.96. The fourth-order valence-electron chi connectivity index (χ4n) is 3.60. The van der Waals surface area contributed by atoms with Crippen molar-refractivity contribution in [1.29, 1.82) is 0 Å². The smallest absolute Gasteiger partial charge is 0.255 e. The maximum Gasteiger partial charge on any atom is 0.255 e. The van der Waals surface area contributed by atoms with Crippen molar-refractivity contribution in [2.45, 2.75) is 39.2 Å². The molecule has 5 heteroatoms. The third-order valence-electron chi connectivity index (χ3n) is 5.42. The van der Waals surface area contributed by atoms with E-state index in [0.29, 0.717) is 11.5 Å². The average molecular weight is 380 g/mol. The van der Waals surface area contributed by atoms with E-state index in [1.807, 2.05) is 42.5 Å². The molecule has 0 saturated carbocycles. The number of anilines is 1. The number of carbonyl (C=O) groups is 2. The second-order valence-electron chi connectivity index (χ2n) is 7.88. The van der Waals surface area contributed by atoms with Crippen LogP contribution >= 0.6 is 0 Å². The summed E-state index contributed by atoms with van der Waals surface area (Å²) >= 11 is 0. The van der Waals surface area contributed by atoms with E-state index in [4.69, 9.17) is 5.73 Å². The predicted molar refractivity (Wildman–Crippen MR) is 112 cm³/mol. The van der Waals surface area contributed by atoms with Gasteiger partial charge in [-0.15, -0.1) is 0 Å². The first-order valence-corrected chi connectivity index (χ1v) is 9.94. The van der Waals surface area contributed by atoms with Crippen molar-refractivity contribution < 1.29 is 9.59 Å². The molecule has 1 aliphatic heterocycles. The number of hydrogen-bond acceptors (Lipinski definition) is 3. The monoisotopic (exact) mass is 379 g/mol. The van der Waals surface area contributed by atoms with Crippen molar-refractivity contribution >= 4 is 17.5 Å². The molecule has 28 heavy (non-hydrogen) atoms. The number of benzene rings is 2. The van der Waals surface area contributed by atoms with Crippen LogP contribution in [0.5, 0.6) is 0 Å². The molecule has 2 amide bonds. The van der Waals surface area contributed by atoms with Crippen LogP contribution in [0.15, 0.2) is 48.5 Å². The molecule has 3 rings (SSSR count). The van der Waals surface area contributed by atoms with Crippen LogP contribution in [0.4, 0.5) is 5.69 Å². The largest absolute Gasteiger partial charge is 0.369 e. The molecular weight excluding hydrogens is 350 g/mol. The molecule has 0 atom stereocenters. The maximum atomic E-state index is 12.5. The van der Waals surface area contributed by atoms with E-state index in [9.17, 15) is 9.59 Å². The summed E-state index contributed by atoms with van der Waals surface area (Å²) < 4.78 is 0. The lowest BCUT2D eigenvalue weighted by Gasteiger charge is -2.30. The topological polar surface area (TPSA) is 75.4 Å². The van der Waals surface area contributed by atoms with Crippen LogP contribution in [-0.4, -0.2) is 29.8 Å². The lowest BCUT2D eigenvalue weighted by molar-refractivity contribution is -0.123. The summed E-state index contributed by atoms with van der Waals surface area (Å²) in [6.07, 6.45) is 1.64. The molecule has 1 aliphatic rings. The predicted octanol–water partition coefficient (Wildman–Crippen LogP) is 3.76. The van der Waals surface area contributed by atoms with Gasteiger partial charge in [-0.05, 0) is 67.2 Å². The van der Waals surface area contributed by atoms with Crippen LogP contribution in [0.2, 0.25) is 0 Å². The zero-order valence-corrected chi connectivity index (χ0v) is 16.7. The number of carbonyl (C=O) groups excluding carboxylic acids is 2. The Kier molecular flexibility index (Phi) is 6.47. The van der Waals surface area contributed by atoms with Gasteiger partial charge >= 0.3 is 0 Å². The molecule has 0 aromatic heterocycles. The second-order valence-corrected chi connectivity index (χ2v) is 7.88. The van der Waals surface area contributed by atoms with E-state index in [0.717, 1.165) is 43.7 Å². The van der Waals surface area contributed by atoms with Crippen LogP contribution in [0.3, 0.4) is 0 Å². The molecule has 148 valence electrons. The van der Waals surface area contributed by atoms with Crippen molar-refractivity contribution in [3.8, 4) is 0 Å². The number of hydrogen-bond donors (Lipinski definition) is 2. The molecule has 0 bridgehead atoms. The number of amides is 2. The molecule has 0 aliphatic carbocycles. The number of primary amides is 1. The summed E-state index contributed by atoms with van der Waals surface area (Å²) in [5, 5.41) is 2.99. The van der Waals surface area contributed by atoms with E-state index < -0.39 is 0 Å². The number of likely N-dealkylation sites (tertiary alicyclic amines) is 1. The molecule has 1 heterocycles. The van der Waals surface area contributed by atoms with Crippen molar-refractivity contribution in [3.05, 3.63) is 65.2 Å². The molecular formula is C23H29N3O2. The van der Waals surface area contributed by atoms with Crippen molar-refractivity contribution in [2.24, 2.45) is 11.7 Å². The average Bonchev–Trinajstić information content (AvgIpc) is 2.68. The minimum atomic E-state index is -0.189. The summed E-state index contributed by atoms with van der Waals surface area (Å²) in [5.41, 5.74) is 9.22. The van der Waals surface area contributed by atoms with Crippen LogP contribution < -0.4 is 11.1 Å². The van der Waals surface area contributed by atoms with Crippen LogP contribution in [-0.2, 0) is 11.3 Å². The quantitative estimate of drug-likeness (QED) is 0.802. The van der Waals surface area contributed by atoms with E-state index >= 15 is 0 Å². The van der Waals surface area contributed by atoms with Gasteiger partial charge < -0.3 is 11.1 Å². The Morgan fingerprint density at radius 3 is 2.39 bits per heavy atom. The minimum absolute atomic E-state index is 0.00366. The van der Waals surface area contributed by atoms with Gasteiger partial charge in [-0.1, -0.05) is 38.1 Å². The summed E-state index contributed by atoms with van der Waals surface area (Å²) in [6, 6.07) is 15.7. The molecule has 1 fully saturated rings. The Balaban J connectivity index is 1.58. The normalized spacial score (nSPS) is 15.5. The second kappa shape index (κ2) is 9.02. The highest BCUT2D eigenvalue weighted by Gasteiger charge is 2.23. The fourth-order valence-corrected chi connectivity index (χ4v) is 3.60. The Morgan fingerprint density at radius 1 is 1.11 bits per heavy atom. The number of nitrogens with zero attached hydrogens (tertiary/aromatic N) is 1. The van der Waals surface area contributed by atoms with Crippen molar-refractivity contribution in [1.82, 2.24) is 4.90 Å². The van der Waals surface area contributed by atoms with Gasteiger partial charge in [0.25, 0.3) is 5.91 Å². The third-order valence-corrected chi connectivity index (χ3v) is 5.42. The first kappa shape index (κ1) is 20.1. The standard InChI is InChI=1S/C23H29N3O2/c1-16(2)18-6-8-20(9-7-18)23(28)25-21-5-3-4-17(14-21)15-26-12-10-19(11-13-26)22(24)27/h3-9,14,16,19H,10-13,15H2,1-2H3,(H2,24,27)(H,25,28). The number of piperidine rings is 1. The fraction of sp³-hybridized carbons (Fsp3) is 0.391. The summed E-state index contributed by atoms with van der Waals surface area (Å²) in [7, 11) is 0. The van der Waals surface area contributed by atoms with Crippen molar-refractivity contribution in [3.63, 3.8) is 0 Å². The molecule has 0 unspecified atom stereocenters. The Labute approximate surface area is 166 Å². The van der Waals surface area contributed by atoms with E-state index in [1.54, 1.807) is 0 Å². The highest BCUT2D eigenvalue weighted by molar-refractivity contribution is 6.04. The van der Waals surface area contributed by atoms with Crippen molar-refractivity contribution in [2.75, 3.05) is 18.4 Å². The van der Waals surface area contributed by atoms with Gasteiger partial charge in [0.2, 0.25) is 5.91 Å². The molecule has 2 aromatic rings. The zero-order valence-electron chi connectivity index (χ0n) is 16.7. The van der Waals surface area contributed by atoms with E-state index in [-0.39, 0.29) is 17.7 Å². The Bertz CT molecular complexity index is 822. The number of nitrogens with two attached hydrogens (primary N) is 1. The minimum Gasteiger partial charge on any atom is -0.369 e. The molecule has 1 saturated heterocycles. The highest BCUT2D eigenvalue weighted by atomic mass is 16.2. The van der Waals surface area contributed by atoms with Gasteiger partial charge in [0.05, 0.1) is 0 Å².